The summed E-state index contributed by atoms with van der Waals surface area (Å²) in [6.07, 6.45) is 0. The third-order valence-corrected chi connectivity index (χ3v) is 3.51. The summed E-state index contributed by atoms with van der Waals surface area (Å²) >= 11 is 3.31. The molecular weight excluding hydrogens is 322 g/mol. The van der Waals surface area contributed by atoms with Crippen LogP contribution in [-0.2, 0) is 6.54 Å². The number of furan rings is 1. The average molecular weight is 340 g/mol. The van der Waals surface area contributed by atoms with E-state index >= 15 is 0 Å². The van der Waals surface area contributed by atoms with Crippen LogP contribution in [0.4, 0.5) is 0 Å². The summed E-state index contributed by atoms with van der Waals surface area (Å²) in [5.41, 5.74) is 1.13. The molecule has 1 aromatic carbocycles. The van der Waals surface area contributed by atoms with Gasteiger partial charge in [0.1, 0.15) is 5.76 Å². The van der Waals surface area contributed by atoms with E-state index in [2.05, 4.69) is 28.2 Å². The Kier molecular flexibility index (Phi) is 5.09. The monoisotopic (exact) mass is 339 g/mol. The lowest BCUT2D eigenvalue weighted by Gasteiger charge is -2.13. The zero-order valence-corrected chi connectivity index (χ0v) is 13.4. The minimum atomic E-state index is 0.134. The number of hydrogen-bond donors (Lipinski definition) is 1. The molecular formula is C15H18BrNO3. The largest absolute Gasteiger partial charge is 0.493 e. The summed E-state index contributed by atoms with van der Waals surface area (Å²) < 4.78 is 16.8. The first-order valence-corrected chi connectivity index (χ1v) is 7.13. The van der Waals surface area contributed by atoms with Crippen LogP contribution in [0.2, 0.25) is 0 Å². The SMILES string of the molecule is COc1ccc(CNC(C)c2ccc(Br)o2)cc1OC. The van der Waals surface area contributed by atoms with Crippen LogP contribution in [0.5, 0.6) is 11.5 Å². The fraction of sp³-hybridized carbons (Fsp3) is 0.333. The minimum Gasteiger partial charge on any atom is -0.493 e. The molecule has 2 rings (SSSR count). The smallest absolute Gasteiger partial charge is 0.169 e. The molecule has 1 atom stereocenters. The highest BCUT2D eigenvalue weighted by molar-refractivity contribution is 9.10. The Morgan fingerprint density at radius 1 is 1.15 bits per heavy atom. The van der Waals surface area contributed by atoms with Crippen LogP contribution >= 0.6 is 15.9 Å². The quantitative estimate of drug-likeness (QED) is 0.866. The molecule has 0 fully saturated rings. The maximum Gasteiger partial charge on any atom is 0.169 e. The second-order valence-corrected chi connectivity index (χ2v) is 5.22. The summed E-state index contributed by atoms with van der Waals surface area (Å²) in [6, 6.07) is 9.87. The zero-order chi connectivity index (χ0) is 14.5. The van der Waals surface area contributed by atoms with Crippen molar-refractivity contribution < 1.29 is 13.9 Å². The number of halogens is 1. The first kappa shape index (κ1) is 14.9. The minimum absolute atomic E-state index is 0.134. The van der Waals surface area contributed by atoms with Crippen molar-refractivity contribution >= 4 is 15.9 Å². The van der Waals surface area contributed by atoms with Crippen molar-refractivity contribution in [2.24, 2.45) is 0 Å². The van der Waals surface area contributed by atoms with Crippen molar-refractivity contribution in [1.29, 1.82) is 0 Å². The van der Waals surface area contributed by atoms with Crippen LogP contribution < -0.4 is 14.8 Å². The lowest BCUT2D eigenvalue weighted by Crippen LogP contribution is -2.17. The van der Waals surface area contributed by atoms with E-state index in [9.17, 15) is 0 Å². The van der Waals surface area contributed by atoms with Gasteiger partial charge in [-0.2, -0.15) is 0 Å². The predicted molar refractivity (Wildman–Crippen MR) is 81.2 cm³/mol. The van der Waals surface area contributed by atoms with Gasteiger partial charge in [-0.1, -0.05) is 6.07 Å². The number of ether oxygens (including phenoxy) is 2. The summed E-state index contributed by atoms with van der Waals surface area (Å²) in [6.45, 7) is 2.78. The molecule has 0 aliphatic rings. The summed E-state index contributed by atoms with van der Waals surface area (Å²) in [5.74, 6) is 2.37. The second-order valence-electron chi connectivity index (χ2n) is 4.43. The number of benzene rings is 1. The molecule has 0 aliphatic carbocycles. The van der Waals surface area contributed by atoms with Crippen molar-refractivity contribution in [1.82, 2.24) is 5.32 Å². The fourth-order valence-corrected chi connectivity index (χ4v) is 2.24. The van der Waals surface area contributed by atoms with Gasteiger partial charge < -0.3 is 19.2 Å². The van der Waals surface area contributed by atoms with E-state index in [1.54, 1.807) is 14.2 Å². The normalized spacial score (nSPS) is 12.2. The van der Waals surface area contributed by atoms with Crippen LogP contribution in [0.3, 0.4) is 0 Å². The van der Waals surface area contributed by atoms with Crippen LogP contribution in [0.15, 0.2) is 39.4 Å². The van der Waals surface area contributed by atoms with Crippen molar-refractivity contribution in [2.75, 3.05) is 14.2 Å². The Morgan fingerprint density at radius 2 is 1.90 bits per heavy atom. The van der Waals surface area contributed by atoms with Crippen LogP contribution in [-0.4, -0.2) is 14.2 Å². The average Bonchev–Trinajstić information content (AvgIpc) is 2.91. The van der Waals surface area contributed by atoms with Gasteiger partial charge in [-0.05, 0) is 52.7 Å². The molecule has 5 heteroatoms. The van der Waals surface area contributed by atoms with E-state index in [1.165, 1.54) is 0 Å². The van der Waals surface area contributed by atoms with Crippen LogP contribution in [0.25, 0.3) is 0 Å². The van der Waals surface area contributed by atoms with Gasteiger partial charge >= 0.3 is 0 Å². The second kappa shape index (κ2) is 6.81. The summed E-state index contributed by atoms with van der Waals surface area (Å²) in [4.78, 5) is 0. The van der Waals surface area contributed by atoms with Gasteiger partial charge in [-0.15, -0.1) is 0 Å². The van der Waals surface area contributed by atoms with Gasteiger partial charge in [-0.3, -0.25) is 0 Å². The van der Waals surface area contributed by atoms with E-state index in [1.807, 2.05) is 30.3 Å². The van der Waals surface area contributed by atoms with Crippen LogP contribution in [0.1, 0.15) is 24.3 Å². The van der Waals surface area contributed by atoms with Gasteiger partial charge in [0.15, 0.2) is 16.2 Å². The third kappa shape index (κ3) is 3.55. The standard InChI is InChI=1S/C15H18BrNO3/c1-10(12-6-7-15(16)20-12)17-9-11-4-5-13(18-2)14(8-11)19-3/h4-8,10,17H,9H2,1-3H3. The summed E-state index contributed by atoms with van der Waals surface area (Å²) in [7, 11) is 3.27. The number of rotatable bonds is 6. The van der Waals surface area contributed by atoms with E-state index < -0.39 is 0 Å². The highest BCUT2D eigenvalue weighted by Crippen LogP contribution is 2.28. The molecule has 0 radical (unpaired) electrons. The number of hydrogen-bond acceptors (Lipinski definition) is 4. The predicted octanol–water partition coefficient (Wildman–Crippen LogP) is 3.91. The van der Waals surface area contributed by atoms with Gasteiger partial charge in [0.05, 0.1) is 20.3 Å². The summed E-state index contributed by atoms with van der Waals surface area (Å²) in [5, 5.41) is 3.41. The lowest BCUT2D eigenvalue weighted by molar-refractivity contribution is 0.354. The fourth-order valence-electron chi connectivity index (χ4n) is 1.92. The molecule has 1 unspecified atom stereocenters. The van der Waals surface area contributed by atoms with Crippen molar-refractivity contribution in [3.63, 3.8) is 0 Å². The topological polar surface area (TPSA) is 43.6 Å². The van der Waals surface area contributed by atoms with Crippen molar-refractivity contribution in [3.8, 4) is 11.5 Å². The van der Waals surface area contributed by atoms with Gasteiger partial charge in [-0.25, -0.2) is 0 Å². The maximum atomic E-state index is 5.52. The van der Waals surface area contributed by atoms with E-state index in [0.29, 0.717) is 0 Å². The molecule has 0 aliphatic heterocycles. The molecule has 108 valence electrons. The Labute approximate surface area is 127 Å². The van der Waals surface area contributed by atoms with E-state index in [0.717, 1.165) is 34.0 Å². The number of methoxy groups -OCH3 is 2. The molecule has 0 amide bonds. The molecule has 1 aromatic heterocycles. The van der Waals surface area contributed by atoms with Gasteiger partial charge in [0.25, 0.3) is 0 Å². The van der Waals surface area contributed by atoms with Gasteiger partial charge in [0, 0.05) is 6.54 Å². The molecule has 0 spiro atoms. The van der Waals surface area contributed by atoms with Gasteiger partial charge in [0.2, 0.25) is 0 Å². The Hall–Kier alpha value is -1.46. The third-order valence-electron chi connectivity index (χ3n) is 3.08. The molecule has 2 aromatic rings. The van der Waals surface area contributed by atoms with Crippen molar-refractivity contribution in [2.45, 2.75) is 19.5 Å². The first-order valence-electron chi connectivity index (χ1n) is 6.33. The number of nitrogens with one attached hydrogen (secondary N) is 1. The Morgan fingerprint density at radius 3 is 2.50 bits per heavy atom. The Balaban J connectivity index is 2.00. The van der Waals surface area contributed by atoms with E-state index in [4.69, 9.17) is 13.9 Å². The molecule has 1 heterocycles. The maximum absolute atomic E-state index is 5.52. The van der Waals surface area contributed by atoms with Crippen LogP contribution in [0, 0.1) is 0 Å². The molecule has 1 N–H and O–H groups in total. The molecule has 20 heavy (non-hydrogen) atoms. The zero-order valence-electron chi connectivity index (χ0n) is 11.8. The lowest BCUT2D eigenvalue weighted by atomic mass is 10.1. The van der Waals surface area contributed by atoms with Crippen molar-refractivity contribution in [3.05, 3.63) is 46.3 Å². The molecule has 0 saturated carbocycles. The first-order chi connectivity index (χ1) is 9.63. The highest BCUT2D eigenvalue weighted by atomic mass is 79.9. The molecule has 0 saturated heterocycles. The molecule has 4 nitrogen and oxygen atoms in total. The Bertz CT molecular complexity index is 568. The molecule has 0 bridgehead atoms. The van der Waals surface area contributed by atoms with E-state index in [-0.39, 0.29) is 6.04 Å². The highest BCUT2D eigenvalue weighted by Gasteiger charge is 2.10.